The summed E-state index contributed by atoms with van der Waals surface area (Å²) in [7, 11) is 0. The van der Waals surface area contributed by atoms with Gasteiger partial charge in [0.15, 0.2) is 0 Å². The average Bonchev–Trinajstić information content (AvgIpc) is 3.42. The molecule has 0 saturated carbocycles. The zero-order valence-corrected chi connectivity index (χ0v) is 36.4. The molecule has 0 N–H and O–H groups in total. The van der Waals surface area contributed by atoms with Gasteiger partial charge in [-0.25, -0.2) is 0 Å². The molecule has 11 rings (SSSR count). The second-order valence-corrected chi connectivity index (χ2v) is 15.6. The maximum atomic E-state index is 6.85. The maximum absolute atomic E-state index is 6.85. The molecule has 3 heterocycles. The largest absolute Gasteiger partial charge is 0.640 e. The Balaban J connectivity index is 1.36. The van der Waals surface area contributed by atoms with Crippen molar-refractivity contribution in [2.24, 2.45) is 30.9 Å². The number of hydrogen-bond acceptors (Lipinski definition) is 12. The first-order chi connectivity index (χ1) is 33.7. The topological polar surface area (TPSA) is 130 Å². The van der Waals surface area contributed by atoms with E-state index in [2.05, 4.69) is 0 Å². The van der Waals surface area contributed by atoms with E-state index in [1.807, 2.05) is 218 Å². The summed E-state index contributed by atoms with van der Waals surface area (Å²) >= 11 is 0. The number of hydrogen-bond donors (Lipinski definition) is 0. The minimum Gasteiger partial charge on any atom is -0.536 e. The van der Waals surface area contributed by atoms with Gasteiger partial charge in [0, 0.05) is 33.4 Å². The lowest BCUT2D eigenvalue weighted by atomic mass is 9.70. The Bertz CT molecular complexity index is 2660. The molecule has 0 atom stereocenters. The number of oxime groups is 6. The van der Waals surface area contributed by atoms with Crippen LogP contribution in [-0.2, 0) is 28.5 Å². The van der Waals surface area contributed by atoms with Crippen LogP contribution in [0.25, 0.3) is 0 Å². The number of rotatable bonds is 8. The van der Waals surface area contributed by atoms with Crippen molar-refractivity contribution < 1.29 is 28.5 Å². The molecule has 14 heteroatoms. The van der Waals surface area contributed by atoms with Crippen LogP contribution in [0.4, 0.5) is 0 Å². The fourth-order valence-corrected chi connectivity index (χ4v) is 7.56. The fraction of sp³-hybridized carbons (Fsp3) is 0. The van der Waals surface area contributed by atoms with Crippen molar-refractivity contribution in [2.45, 2.75) is 0 Å². The molecule has 0 saturated heterocycles. The van der Waals surface area contributed by atoms with Gasteiger partial charge in [0.2, 0.25) is 0 Å². The van der Waals surface area contributed by atoms with Crippen molar-refractivity contribution in [2.75, 3.05) is 0 Å². The predicted molar refractivity (Wildman–Crippen MR) is 268 cm³/mol. The Morgan fingerprint density at radius 1 is 0.191 bits per heavy atom. The Hall–Kier alpha value is -9.29. The van der Waals surface area contributed by atoms with Crippen LogP contribution < -0.4 is 10.9 Å². The lowest BCUT2D eigenvalue weighted by Crippen LogP contribution is -2.55. The lowest BCUT2D eigenvalue weighted by Gasteiger charge is -2.37. The number of nitrogens with zero attached hydrogens (tertiary/aromatic N) is 6. The average molecular weight is 891 g/mol. The molecular formula is C54H40B2N6O6-2. The molecule has 68 heavy (non-hydrogen) atoms. The third kappa shape index (κ3) is 9.15. The minimum atomic E-state index is -3.40. The summed E-state index contributed by atoms with van der Waals surface area (Å²) in [6, 6.07) is 74.6. The van der Waals surface area contributed by atoms with Crippen molar-refractivity contribution in [3.05, 3.63) is 276 Å². The molecule has 0 aliphatic carbocycles. The zero-order valence-electron chi connectivity index (χ0n) is 36.4. The molecule has 8 aromatic carbocycles. The molecule has 0 spiro atoms. The predicted octanol–water partition coefficient (Wildman–Crippen LogP) is 9.23. The molecule has 330 valence electrons. The standard InChI is InChI=1S/C54H40B2N6O6/c1-9-25-41(26-10-1)49-50(42-27-11-2-12-28-42)58-64-56(48-39-23-8-24-40-48)67-61-53(45-33-17-5-18-34-45)51(43-29-13-3-14-30-43)59-65-55(63-57-49,47-37-21-7-22-38-47)66-60-52(44-31-15-4-16-32-44)54(62-68-56)46-35-19-6-20-36-46/h1-40H/q-2/b57-49-,58-50+,59-51-,60-52+,61-53+,62-54-. The third-order valence-corrected chi connectivity index (χ3v) is 11.1. The maximum Gasteiger partial charge on any atom is 0.640 e. The second kappa shape index (κ2) is 19.8. The van der Waals surface area contributed by atoms with Crippen LogP contribution in [0.15, 0.2) is 274 Å². The molecule has 0 fully saturated rings. The van der Waals surface area contributed by atoms with E-state index < -0.39 is 13.5 Å². The van der Waals surface area contributed by atoms with E-state index in [-0.39, 0.29) is 34.3 Å². The number of fused-ring (bicyclic) bond motifs is 9. The van der Waals surface area contributed by atoms with E-state index in [1.54, 1.807) is 24.3 Å². The van der Waals surface area contributed by atoms with Gasteiger partial charge < -0.3 is 28.5 Å². The van der Waals surface area contributed by atoms with Crippen molar-refractivity contribution in [1.29, 1.82) is 0 Å². The molecule has 3 aliphatic rings. The monoisotopic (exact) mass is 890 g/mol. The molecule has 0 unspecified atom stereocenters. The van der Waals surface area contributed by atoms with Crippen molar-refractivity contribution in [3.63, 3.8) is 0 Å². The van der Waals surface area contributed by atoms with Crippen LogP contribution in [0.2, 0.25) is 0 Å². The molecule has 3 aliphatic heterocycles. The first-order valence-corrected chi connectivity index (χ1v) is 22.0. The first kappa shape index (κ1) is 42.6. The Labute approximate surface area is 392 Å². The fourth-order valence-electron chi connectivity index (χ4n) is 7.56. The highest BCUT2D eigenvalue weighted by Gasteiger charge is 2.44. The van der Waals surface area contributed by atoms with E-state index in [4.69, 9.17) is 59.5 Å². The zero-order chi connectivity index (χ0) is 45.9. The first-order valence-electron chi connectivity index (χ1n) is 22.0. The van der Waals surface area contributed by atoms with Gasteiger partial charge in [0.25, 0.3) is 0 Å². The van der Waals surface area contributed by atoms with Crippen LogP contribution >= 0.6 is 0 Å². The van der Waals surface area contributed by atoms with E-state index in [0.717, 1.165) is 0 Å². The summed E-state index contributed by atoms with van der Waals surface area (Å²) in [6.45, 7) is -6.79. The lowest BCUT2D eigenvalue weighted by molar-refractivity contribution is 0.0774. The van der Waals surface area contributed by atoms with E-state index in [0.29, 0.717) is 44.3 Å². The van der Waals surface area contributed by atoms with Crippen LogP contribution in [0, 0.1) is 0 Å². The number of benzene rings is 8. The van der Waals surface area contributed by atoms with Gasteiger partial charge in [-0.2, -0.15) is 0 Å². The Morgan fingerprint density at radius 3 is 0.500 bits per heavy atom. The van der Waals surface area contributed by atoms with Crippen LogP contribution in [0.5, 0.6) is 0 Å². The smallest absolute Gasteiger partial charge is 0.536 e. The third-order valence-electron chi connectivity index (χ3n) is 11.1. The van der Waals surface area contributed by atoms with Gasteiger partial charge >= 0.3 is 13.5 Å². The molecular weight excluding hydrogens is 850 g/mol. The van der Waals surface area contributed by atoms with Crippen LogP contribution in [0.1, 0.15) is 33.4 Å². The van der Waals surface area contributed by atoms with Gasteiger partial charge in [0.1, 0.15) is 34.3 Å². The van der Waals surface area contributed by atoms with Gasteiger partial charge in [-0.05, 0) is 0 Å². The highest BCUT2D eigenvalue weighted by atomic mass is 16.9. The molecule has 0 aromatic heterocycles. The summed E-state index contributed by atoms with van der Waals surface area (Å²) in [5.41, 5.74) is 5.73. The molecule has 8 aromatic rings. The van der Waals surface area contributed by atoms with Crippen molar-refractivity contribution in [3.8, 4) is 0 Å². The molecule has 12 nitrogen and oxygen atoms in total. The molecule has 0 amide bonds. The van der Waals surface area contributed by atoms with E-state index >= 15 is 0 Å². The van der Waals surface area contributed by atoms with Gasteiger partial charge in [-0.1, -0.05) is 254 Å². The Morgan fingerprint density at radius 2 is 0.338 bits per heavy atom. The van der Waals surface area contributed by atoms with E-state index in [1.165, 1.54) is 0 Å². The summed E-state index contributed by atoms with van der Waals surface area (Å²) in [4.78, 5) is 0. The second-order valence-electron chi connectivity index (χ2n) is 15.6. The highest BCUT2D eigenvalue weighted by molar-refractivity contribution is 6.76. The summed E-state index contributed by atoms with van der Waals surface area (Å²) in [5.74, 6) is 0. The summed E-state index contributed by atoms with van der Waals surface area (Å²) in [5, 5.41) is 29.7. The summed E-state index contributed by atoms with van der Waals surface area (Å²) < 4.78 is 41.1. The van der Waals surface area contributed by atoms with E-state index in [9.17, 15) is 0 Å². The quantitative estimate of drug-likeness (QED) is 0.140. The Kier molecular flexibility index (Phi) is 12.4. The SMILES string of the molecule is c1ccc(C2=N/O[B-]3(c4ccccc4)O/N=C(c4ccccc4)/C(c4ccccc4)=N\O[B-](c4ccccc4)(O/N=C(c4ccccc4)\C(c4ccccc4)=N\O3)O\N=C\2c2ccccc2)cc1. The molecule has 2 bridgehead atoms. The summed E-state index contributed by atoms with van der Waals surface area (Å²) in [6.07, 6.45) is 0. The highest BCUT2D eigenvalue weighted by Crippen LogP contribution is 2.25. The minimum absolute atomic E-state index is 0.222. The van der Waals surface area contributed by atoms with Gasteiger partial charge in [-0.15, -0.1) is 30.9 Å². The van der Waals surface area contributed by atoms with Crippen molar-refractivity contribution in [1.82, 2.24) is 0 Å². The van der Waals surface area contributed by atoms with Crippen LogP contribution in [-0.4, -0.2) is 47.8 Å². The van der Waals surface area contributed by atoms with Crippen LogP contribution in [0.3, 0.4) is 0 Å². The van der Waals surface area contributed by atoms with Gasteiger partial charge in [0.05, 0.1) is 0 Å². The van der Waals surface area contributed by atoms with Gasteiger partial charge in [-0.3, -0.25) is 0 Å². The molecule has 0 radical (unpaired) electrons. The normalized spacial score (nSPS) is 23.1. The van der Waals surface area contributed by atoms with Crippen molar-refractivity contribution >= 4 is 58.7 Å².